The van der Waals surface area contributed by atoms with Crippen LogP contribution in [0.25, 0.3) is 0 Å². The summed E-state index contributed by atoms with van der Waals surface area (Å²) in [6.07, 6.45) is 11.2. The smallest absolute Gasteiger partial charge is 0.302 e. The van der Waals surface area contributed by atoms with E-state index in [2.05, 4.69) is 44.3 Å². The van der Waals surface area contributed by atoms with Crippen molar-refractivity contribution in [3.05, 3.63) is 47.5 Å². The fraction of sp³-hybridized carbons (Fsp3) is 0.667. The minimum Gasteiger partial charge on any atom is -0.462 e. The van der Waals surface area contributed by atoms with E-state index in [4.69, 9.17) is 4.74 Å². The van der Waals surface area contributed by atoms with Gasteiger partial charge in [0.05, 0.1) is 6.04 Å². The van der Waals surface area contributed by atoms with E-state index in [9.17, 15) is 9.59 Å². The Balaban J connectivity index is 1.31. The number of hydrogen-bond acceptors (Lipinski definition) is 3. The average molecular weight is 464 g/mol. The molecule has 4 aliphatic carbocycles. The van der Waals surface area contributed by atoms with Gasteiger partial charge < -0.3 is 10.1 Å². The van der Waals surface area contributed by atoms with Crippen LogP contribution in [-0.2, 0) is 14.3 Å². The van der Waals surface area contributed by atoms with Crippen molar-refractivity contribution >= 4 is 11.9 Å². The van der Waals surface area contributed by atoms with Gasteiger partial charge in [0.1, 0.15) is 6.10 Å². The molecule has 3 fully saturated rings. The molecule has 34 heavy (non-hydrogen) atoms. The van der Waals surface area contributed by atoms with Crippen LogP contribution in [0.2, 0.25) is 0 Å². The predicted octanol–water partition coefficient (Wildman–Crippen LogP) is 6.37. The molecule has 0 bridgehead atoms. The second kappa shape index (κ2) is 8.84. The van der Waals surface area contributed by atoms with Gasteiger partial charge in [-0.25, -0.2) is 0 Å². The number of esters is 1. The van der Waals surface area contributed by atoms with Gasteiger partial charge in [-0.2, -0.15) is 0 Å². The molecule has 0 spiro atoms. The van der Waals surface area contributed by atoms with Crippen molar-refractivity contribution in [2.75, 3.05) is 0 Å². The van der Waals surface area contributed by atoms with Gasteiger partial charge in [-0.05, 0) is 86.0 Å². The second-order valence-corrected chi connectivity index (χ2v) is 12.0. The fourth-order valence-electron chi connectivity index (χ4n) is 8.53. The summed E-state index contributed by atoms with van der Waals surface area (Å²) in [5, 5.41) is 3.35. The molecule has 1 N–H and O–H groups in total. The number of carbonyl (C=O) groups is 2. The zero-order valence-corrected chi connectivity index (χ0v) is 21.3. The first-order valence-electron chi connectivity index (χ1n) is 13.4. The fourth-order valence-corrected chi connectivity index (χ4v) is 8.53. The Bertz CT molecular complexity index is 971. The first kappa shape index (κ1) is 23.6. The molecule has 0 heterocycles. The Morgan fingerprint density at radius 2 is 1.79 bits per heavy atom. The van der Waals surface area contributed by atoms with Crippen LogP contribution in [-0.4, -0.2) is 18.0 Å². The molecule has 0 radical (unpaired) electrons. The summed E-state index contributed by atoms with van der Waals surface area (Å²) in [5.41, 5.74) is 3.02. The van der Waals surface area contributed by atoms with Crippen LogP contribution in [0.5, 0.6) is 0 Å². The topological polar surface area (TPSA) is 55.4 Å². The van der Waals surface area contributed by atoms with Crippen LogP contribution in [0.1, 0.15) is 90.7 Å². The highest BCUT2D eigenvalue weighted by Gasteiger charge is 2.60. The van der Waals surface area contributed by atoms with Gasteiger partial charge in [-0.3, -0.25) is 9.59 Å². The Morgan fingerprint density at radius 1 is 1.03 bits per heavy atom. The van der Waals surface area contributed by atoms with Crippen LogP contribution in [0, 0.1) is 34.5 Å². The number of rotatable bonds is 4. The van der Waals surface area contributed by atoms with Gasteiger partial charge in [-0.1, -0.05) is 55.8 Å². The molecule has 1 amide bonds. The summed E-state index contributed by atoms with van der Waals surface area (Å²) >= 11 is 0. The SMILES string of the molecule is CC(=O)O[C@H]1CC[C@@]2(C)C(=CC[C@H]3[C@@H]4CC[C@H](C(=O)N[C@H](C)c5ccccc5)[C@@]4(C)CC[C@@H]32)C1. The van der Waals surface area contributed by atoms with Gasteiger partial charge in [0.15, 0.2) is 0 Å². The van der Waals surface area contributed by atoms with Gasteiger partial charge >= 0.3 is 5.97 Å². The van der Waals surface area contributed by atoms with Crippen molar-refractivity contribution in [2.45, 2.75) is 91.2 Å². The maximum absolute atomic E-state index is 13.5. The van der Waals surface area contributed by atoms with E-state index in [-0.39, 0.29) is 40.8 Å². The normalized spacial score (nSPS) is 39.6. The Kier molecular flexibility index (Phi) is 6.14. The van der Waals surface area contributed by atoms with Crippen molar-refractivity contribution in [3.63, 3.8) is 0 Å². The quantitative estimate of drug-likeness (QED) is 0.417. The molecule has 8 atom stereocenters. The number of fused-ring (bicyclic) bond motifs is 5. The molecule has 184 valence electrons. The highest BCUT2D eigenvalue weighted by Crippen LogP contribution is 2.66. The molecular weight excluding hydrogens is 422 g/mol. The van der Waals surface area contributed by atoms with Crippen LogP contribution in [0.15, 0.2) is 42.0 Å². The van der Waals surface area contributed by atoms with Crippen molar-refractivity contribution in [1.29, 1.82) is 0 Å². The third-order valence-corrected chi connectivity index (χ3v) is 10.4. The summed E-state index contributed by atoms with van der Waals surface area (Å²) in [7, 11) is 0. The van der Waals surface area contributed by atoms with E-state index in [1.54, 1.807) is 0 Å². The Hall–Kier alpha value is -2.10. The number of amides is 1. The second-order valence-electron chi connectivity index (χ2n) is 12.0. The van der Waals surface area contributed by atoms with Gasteiger partial charge in [0, 0.05) is 19.3 Å². The van der Waals surface area contributed by atoms with E-state index >= 15 is 0 Å². The molecule has 1 aromatic rings. The molecule has 4 heteroatoms. The van der Waals surface area contributed by atoms with E-state index in [1.165, 1.54) is 30.9 Å². The number of carbonyl (C=O) groups excluding carboxylic acids is 2. The molecule has 0 saturated heterocycles. The molecule has 0 aromatic heterocycles. The average Bonchev–Trinajstić information content (AvgIpc) is 3.17. The summed E-state index contributed by atoms with van der Waals surface area (Å²) in [6, 6.07) is 10.3. The van der Waals surface area contributed by atoms with Crippen LogP contribution >= 0.6 is 0 Å². The summed E-state index contributed by atoms with van der Waals surface area (Å²) < 4.78 is 5.59. The van der Waals surface area contributed by atoms with Crippen LogP contribution in [0.3, 0.4) is 0 Å². The van der Waals surface area contributed by atoms with Gasteiger partial charge in [0.2, 0.25) is 5.91 Å². The van der Waals surface area contributed by atoms with Crippen molar-refractivity contribution in [1.82, 2.24) is 5.32 Å². The standard InChI is InChI=1S/C30H41NO3/c1-19(21-8-6-5-7-9-21)31-28(33)27-13-12-25-24-11-10-22-18-23(34-20(2)32)14-16-29(22,3)26(24)15-17-30(25,27)4/h5-10,19,23-27H,11-18H2,1-4H3,(H,31,33)/t19-,23+,24+,25+,26+,27-,29+,30+/m1/s1. The van der Waals surface area contributed by atoms with E-state index in [0.717, 1.165) is 38.5 Å². The maximum Gasteiger partial charge on any atom is 0.302 e. The summed E-state index contributed by atoms with van der Waals surface area (Å²) in [6.45, 7) is 8.51. The Labute approximate surface area is 204 Å². The Morgan fingerprint density at radius 3 is 2.53 bits per heavy atom. The molecule has 1 aromatic carbocycles. The molecular formula is C30H41NO3. The van der Waals surface area contributed by atoms with Crippen molar-refractivity contribution in [3.8, 4) is 0 Å². The number of ether oxygens (including phenoxy) is 1. The van der Waals surface area contributed by atoms with Crippen LogP contribution < -0.4 is 5.32 Å². The lowest BCUT2D eigenvalue weighted by Crippen LogP contribution is -2.52. The molecule has 0 aliphatic heterocycles. The first-order chi connectivity index (χ1) is 16.2. The lowest BCUT2D eigenvalue weighted by atomic mass is 9.47. The molecule has 4 aliphatic rings. The van der Waals surface area contributed by atoms with Crippen molar-refractivity contribution in [2.24, 2.45) is 34.5 Å². The third kappa shape index (κ3) is 3.91. The predicted molar refractivity (Wildman–Crippen MR) is 134 cm³/mol. The third-order valence-electron chi connectivity index (χ3n) is 10.4. The van der Waals surface area contributed by atoms with Gasteiger partial charge in [-0.15, -0.1) is 0 Å². The zero-order valence-electron chi connectivity index (χ0n) is 21.3. The van der Waals surface area contributed by atoms with Crippen molar-refractivity contribution < 1.29 is 14.3 Å². The molecule has 0 unspecified atom stereocenters. The monoisotopic (exact) mass is 463 g/mol. The number of allylic oxidation sites excluding steroid dienone is 1. The number of hydrogen-bond donors (Lipinski definition) is 1. The minimum absolute atomic E-state index is 0.0409. The highest BCUT2D eigenvalue weighted by atomic mass is 16.5. The highest BCUT2D eigenvalue weighted by molar-refractivity contribution is 5.80. The van der Waals surface area contributed by atoms with Gasteiger partial charge in [0.25, 0.3) is 0 Å². The minimum atomic E-state index is -0.159. The summed E-state index contributed by atoms with van der Waals surface area (Å²) in [5.74, 6) is 2.18. The number of benzene rings is 1. The maximum atomic E-state index is 13.5. The lowest BCUT2D eigenvalue weighted by molar-refractivity contribution is -0.149. The van der Waals surface area contributed by atoms with Crippen LogP contribution in [0.4, 0.5) is 0 Å². The molecule has 5 rings (SSSR count). The molecule has 4 nitrogen and oxygen atoms in total. The summed E-state index contributed by atoms with van der Waals surface area (Å²) in [4.78, 5) is 25.0. The molecule has 3 saturated carbocycles. The van der Waals surface area contributed by atoms with E-state index in [0.29, 0.717) is 17.8 Å². The van der Waals surface area contributed by atoms with E-state index < -0.39 is 0 Å². The number of nitrogens with one attached hydrogen (secondary N) is 1. The zero-order chi connectivity index (χ0) is 24.1. The largest absolute Gasteiger partial charge is 0.462 e. The van der Waals surface area contributed by atoms with E-state index in [1.807, 2.05) is 18.2 Å². The lowest BCUT2D eigenvalue weighted by Gasteiger charge is -2.58. The first-order valence-corrected chi connectivity index (χ1v) is 13.4.